The standard InChI is InChI=1S/C10H19N/c1-4-6-11-7-9(3)10(5-2)8-11/h5,9-10H,2,4,6-8H2,1,3H3/t9-,10+/m0/s1. The first kappa shape index (κ1) is 8.79. The van der Waals surface area contributed by atoms with E-state index in [1.165, 1.54) is 26.1 Å². The highest BCUT2D eigenvalue weighted by Gasteiger charge is 2.25. The highest BCUT2D eigenvalue weighted by Crippen LogP contribution is 2.23. The Labute approximate surface area is 70.1 Å². The number of hydrogen-bond donors (Lipinski definition) is 0. The molecule has 0 saturated carbocycles. The molecule has 0 aromatic carbocycles. The monoisotopic (exact) mass is 153 g/mol. The molecule has 1 aliphatic rings. The van der Waals surface area contributed by atoms with E-state index in [4.69, 9.17) is 0 Å². The van der Waals surface area contributed by atoms with Crippen LogP contribution < -0.4 is 0 Å². The largest absolute Gasteiger partial charge is 0.302 e. The lowest BCUT2D eigenvalue weighted by molar-refractivity contribution is 0.326. The van der Waals surface area contributed by atoms with Gasteiger partial charge in [-0.2, -0.15) is 0 Å². The van der Waals surface area contributed by atoms with Crippen LogP contribution in [0.4, 0.5) is 0 Å². The van der Waals surface area contributed by atoms with E-state index in [1.807, 2.05) is 0 Å². The number of likely N-dealkylation sites (tertiary alicyclic amines) is 1. The summed E-state index contributed by atoms with van der Waals surface area (Å²) < 4.78 is 0. The summed E-state index contributed by atoms with van der Waals surface area (Å²) in [5.41, 5.74) is 0. The van der Waals surface area contributed by atoms with Crippen LogP contribution in [-0.4, -0.2) is 24.5 Å². The fourth-order valence-corrected chi connectivity index (χ4v) is 1.90. The molecule has 1 rings (SSSR count). The maximum Gasteiger partial charge on any atom is 0.00474 e. The molecule has 0 N–H and O–H groups in total. The van der Waals surface area contributed by atoms with E-state index in [-0.39, 0.29) is 0 Å². The van der Waals surface area contributed by atoms with Crippen LogP contribution in [-0.2, 0) is 0 Å². The molecule has 64 valence electrons. The molecule has 1 heterocycles. The van der Waals surface area contributed by atoms with Crippen molar-refractivity contribution in [1.82, 2.24) is 4.90 Å². The summed E-state index contributed by atoms with van der Waals surface area (Å²) >= 11 is 0. The van der Waals surface area contributed by atoms with Crippen molar-refractivity contribution in [3.63, 3.8) is 0 Å². The lowest BCUT2D eigenvalue weighted by Crippen LogP contribution is -2.21. The van der Waals surface area contributed by atoms with Crippen molar-refractivity contribution in [2.24, 2.45) is 11.8 Å². The topological polar surface area (TPSA) is 3.24 Å². The Morgan fingerprint density at radius 3 is 2.73 bits per heavy atom. The van der Waals surface area contributed by atoms with Gasteiger partial charge in [0.05, 0.1) is 0 Å². The van der Waals surface area contributed by atoms with Crippen LogP contribution in [0.2, 0.25) is 0 Å². The average Bonchev–Trinajstić information content (AvgIpc) is 2.32. The third kappa shape index (κ3) is 2.06. The van der Waals surface area contributed by atoms with Gasteiger partial charge in [-0.25, -0.2) is 0 Å². The van der Waals surface area contributed by atoms with E-state index in [9.17, 15) is 0 Å². The lowest BCUT2D eigenvalue weighted by Gasteiger charge is -2.12. The predicted molar refractivity (Wildman–Crippen MR) is 49.6 cm³/mol. The molecule has 0 amide bonds. The van der Waals surface area contributed by atoms with Gasteiger partial charge in [0.2, 0.25) is 0 Å². The second kappa shape index (κ2) is 3.91. The molecule has 0 unspecified atom stereocenters. The van der Waals surface area contributed by atoms with E-state index in [0.29, 0.717) is 0 Å². The molecule has 1 nitrogen and oxygen atoms in total. The number of nitrogens with zero attached hydrogens (tertiary/aromatic N) is 1. The van der Waals surface area contributed by atoms with E-state index in [1.54, 1.807) is 0 Å². The normalized spacial score (nSPS) is 32.5. The van der Waals surface area contributed by atoms with Gasteiger partial charge >= 0.3 is 0 Å². The van der Waals surface area contributed by atoms with E-state index in [0.717, 1.165) is 11.8 Å². The Morgan fingerprint density at radius 1 is 1.55 bits per heavy atom. The maximum atomic E-state index is 3.86. The molecule has 0 spiro atoms. The van der Waals surface area contributed by atoms with E-state index >= 15 is 0 Å². The smallest absolute Gasteiger partial charge is 0.00474 e. The van der Waals surface area contributed by atoms with Crippen LogP contribution in [0.25, 0.3) is 0 Å². The molecule has 1 saturated heterocycles. The molecule has 0 aromatic rings. The van der Waals surface area contributed by atoms with Crippen LogP contribution in [0, 0.1) is 11.8 Å². The van der Waals surface area contributed by atoms with Crippen molar-refractivity contribution >= 4 is 0 Å². The van der Waals surface area contributed by atoms with Crippen LogP contribution in [0.5, 0.6) is 0 Å². The first-order valence-electron chi connectivity index (χ1n) is 4.62. The fourth-order valence-electron chi connectivity index (χ4n) is 1.90. The molecule has 2 atom stereocenters. The SMILES string of the molecule is C=C[C@@H]1CN(CCC)C[C@@H]1C. The minimum atomic E-state index is 0.738. The molecular formula is C10H19N. The summed E-state index contributed by atoms with van der Waals surface area (Å²) in [6.45, 7) is 12.2. The van der Waals surface area contributed by atoms with Crippen molar-refractivity contribution in [3.8, 4) is 0 Å². The Morgan fingerprint density at radius 2 is 2.27 bits per heavy atom. The zero-order valence-electron chi connectivity index (χ0n) is 7.71. The molecule has 1 heteroatoms. The van der Waals surface area contributed by atoms with Crippen LogP contribution >= 0.6 is 0 Å². The molecule has 0 aliphatic carbocycles. The summed E-state index contributed by atoms with van der Waals surface area (Å²) in [6, 6.07) is 0. The van der Waals surface area contributed by atoms with Gasteiger partial charge < -0.3 is 4.90 Å². The van der Waals surface area contributed by atoms with Gasteiger partial charge in [-0.3, -0.25) is 0 Å². The zero-order chi connectivity index (χ0) is 8.27. The van der Waals surface area contributed by atoms with Crippen molar-refractivity contribution in [1.29, 1.82) is 0 Å². The lowest BCUT2D eigenvalue weighted by atomic mass is 9.99. The number of hydrogen-bond acceptors (Lipinski definition) is 1. The van der Waals surface area contributed by atoms with Gasteiger partial charge in [0, 0.05) is 13.1 Å². The summed E-state index contributed by atoms with van der Waals surface area (Å²) in [6.07, 6.45) is 3.39. The van der Waals surface area contributed by atoms with Gasteiger partial charge in [-0.1, -0.05) is 19.9 Å². The maximum absolute atomic E-state index is 3.86. The molecule has 0 aromatic heterocycles. The second-order valence-corrected chi connectivity index (χ2v) is 3.64. The highest BCUT2D eigenvalue weighted by molar-refractivity contribution is 4.91. The Hall–Kier alpha value is -0.300. The fraction of sp³-hybridized carbons (Fsp3) is 0.800. The number of rotatable bonds is 3. The van der Waals surface area contributed by atoms with Gasteiger partial charge in [-0.15, -0.1) is 6.58 Å². The average molecular weight is 153 g/mol. The summed E-state index contributed by atoms with van der Waals surface area (Å²) in [4.78, 5) is 2.54. The van der Waals surface area contributed by atoms with Gasteiger partial charge in [0.25, 0.3) is 0 Å². The summed E-state index contributed by atoms with van der Waals surface area (Å²) in [5, 5.41) is 0. The Kier molecular flexibility index (Phi) is 3.13. The first-order chi connectivity index (χ1) is 5.27. The van der Waals surface area contributed by atoms with Gasteiger partial charge in [0.15, 0.2) is 0 Å². The van der Waals surface area contributed by atoms with Crippen molar-refractivity contribution < 1.29 is 0 Å². The molecule has 1 aliphatic heterocycles. The zero-order valence-corrected chi connectivity index (χ0v) is 7.71. The van der Waals surface area contributed by atoms with Crippen molar-refractivity contribution in [2.75, 3.05) is 19.6 Å². The van der Waals surface area contributed by atoms with Crippen molar-refractivity contribution in [3.05, 3.63) is 12.7 Å². The van der Waals surface area contributed by atoms with Crippen molar-refractivity contribution in [2.45, 2.75) is 20.3 Å². The van der Waals surface area contributed by atoms with Crippen LogP contribution in [0.15, 0.2) is 12.7 Å². The third-order valence-corrected chi connectivity index (χ3v) is 2.59. The Bertz CT molecular complexity index is 131. The van der Waals surface area contributed by atoms with Gasteiger partial charge in [-0.05, 0) is 24.8 Å². The predicted octanol–water partition coefficient (Wildman–Crippen LogP) is 2.15. The first-order valence-corrected chi connectivity index (χ1v) is 4.62. The molecule has 0 bridgehead atoms. The Balaban J connectivity index is 2.36. The van der Waals surface area contributed by atoms with E-state index in [2.05, 4.69) is 31.4 Å². The summed E-state index contributed by atoms with van der Waals surface area (Å²) in [7, 11) is 0. The highest BCUT2D eigenvalue weighted by atomic mass is 15.1. The molecule has 1 fully saturated rings. The summed E-state index contributed by atoms with van der Waals surface area (Å²) in [5.74, 6) is 1.56. The minimum Gasteiger partial charge on any atom is -0.302 e. The molecule has 11 heavy (non-hydrogen) atoms. The second-order valence-electron chi connectivity index (χ2n) is 3.64. The molecular weight excluding hydrogens is 134 g/mol. The quantitative estimate of drug-likeness (QED) is 0.562. The third-order valence-electron chi connectivity index (χ3n) is 2.59. The van der Waals surface area contributed by atoms with Gasteiger partial charge in [0.1, 0.15) is 0 Å². The van der Waals surface area contributed by atoms with Crippen LogP contribution in [0.3, 0.4) is 0 Å². The van der Waals surface area contributed by atoms with E-state index < -0.39 is 0 Å². The van der Waals surface area contributed by atoms with Crippen LogP contribution in [0.1, 0.15) is 20.3 Å². The molecule has 0 radical (unpaired) electrons. The minimum absolute atomic E-state index is 0.738.